The fraction of sp³-hybridized carbons (Fsp3) is 0.154. The second-order valence-corrected chi connectivity index (χ2v) is 3.94. The third-order valence-corrected chi connectivity index (χ3v) is 2.83. The number of nitrogens with zero attached hydrogens (tertiary/aromatic N) is 1. The molecule has 2 rings (SSSR count). The van der Waals surface area contributed by atoms with E-state index in [0.717, 1.165) is 16.3 Å². The normalized spacial score (nSPS) is 12.4. The largest absolute Gasteiger partial charge is 0.476 e. The van der Waals surface area contributed by atoms with E-state index in [9.17, 15) is 13.6 Å². The van der Waals surface area contributed by atoms with E-state index in [0.29, 0.717) is 0 Å². The maximum absolute atomic E-state index is 13.4. The van der Waals surface area contributed by atoms with Crippen molar-refractivity contribution in [2.24, 2.45) is 0 Å². The van der Waals surface area contributed by atoms with E-state index < -0.39 is 29.3 Å². The van der Waals surface area contributed by atoms with Crippen LogP contribution in [-0.2, 0) is 0 Å². The SMILES string of the molecule is C[C@H](c1ccccc1)n1cc(F)c(F)c1C(=O)O. The molecule has 1 aromatic heterocycles. The summed E-state index contributed by atoms with van der Waals surface area (Å²) in [6.07, 6.45) is 0.871. The predicted octanol–water partition coefficient (Wildman–Crippen LogP) is 3.07. The molecule has 94 valence electrons. The molecule has 0 spiro atoms. The van der Waals surface area contributed by atoms with Crippen LogP contribution in [0.25, 0.3) is 0 Å². The van der Waals surface area contributed by atoms with E-state index in [1.165, 1.54) is 0 Å². The highest BCUT2D eigenvalue weighted by atomic mass is 19.2. The van der Waals surface area contributed by atoms with Crippen LogP contribution in [0, 0.1) is 11.6 Å². The molecule has 5 heteroatoms. The summed E-state index contributed by atoms with van der Waals surface area (Å²) in [4.78, 5) is 11.0. The monoisotopic (exact) mass is 251 g/mol. The average Bonchev–Trinajstić information content (AvgIpc) is 2.66. The third kappa shape index (κ3) is 1.99. The molecule has 0 aliphatic heterocycles. The van der Waals surface area contributed by atoms with E-state index in [4.69, 9.17) is 5.11 Å². The molecule has 1 heterocycles. The maximum Gasteiger partial charge on any atom is 0.355 e. The Balaban J connectivity index is 2.52. The van der Waals surface area contributed by atoms with Crippen molar-refractivity contribution in [3.05, 3.63) is 59.4 Å². The summed E-state index contributed by atoms with van der Waals surface area (Å²) in [5.74, 6) is -3.97. The Morgan fingerprint density at radius 3 is 2.44 bits per heavy atom. The third-order valence-electron chi connectivity index (χ3n) is 2.83. The standard InChI is InChI=1S/C13H11F2NO2/c1-8(9-5-3-2-4-6-9)16-7-10(14)11(15)12(16)13(17)18/h2-8H,1H3,(H,17,18)/t8-/m1/s1. The van der Waals surface area contributed by atoms with Gasteiger partial charge in [0.15, 0.2) is 17.3 Å². The molecule has 0 radical (unpaired) electrons. The summed E-state index contributed by atoms with van der Waals surface area (Å²) in [6, 6.07) is 8.45. The number of rotatable bonds is 3. The van der Waals surface area contributed by atoms with Crippen LogP contribution >= 0.6 is 0 Å². The van der Waals surface area contributed by atoms with Crippen LogP contribution < -0.4 is 0 Å². The summed E-state index contributed by atoms with van der Waals surface area (Å²) in [5.41, 5.74) is 0.110. The lowest BCUT2D eigenvalue weighted by atomic mass is 10.1. The van der Waals surface area contributed by atoms with Crippen molar-refractivity contribution in [3.8, 4) is 0 Å². The Labute approximate surface area is 102 Å². The number of carboxylic acids is 1. The van der Waals surface area contributed by atoms with Gasteiger partial charge in [-0.05, 0) is 12.5 Å². The first-order chi connectivity index (χ1) is 8.52. The van der Waals surface area contributed by atoms with Gasteiger partial charge in [-0.1, -0.05) is 30.3 Å². The molecule has 3 nitrogen and oxygen atoms in total. The van der Waals surface area contributed by atoms with Crippen molar-refractivity contribution in [2.45, 2.75) is 13.0 Å². The first kappa shape index (κ1) is 12.3. The van der Waals surface area contributed by atoms with Crippen LogP contribution in [0.3, 0.4) is 0 Å². The topological polar surface area (TPSA) is 42.2 Å². The van der Waals surface area contributed by atoms with Gasteiger partial charge in [-0.2, -0.15) is 0 Å². The summed E-state index contributed by atoms with van der Waals surface area (Å²) in [5, 5.41) is 8.93. The van der Waals surface area contributed by atoms with Gasteiger partial charge in [-0.15, -0.1) is 0 Å². The molecule has 0 fully saturated rings. The summed E-state index contributed by atoms with van der Waals surface area (Å²) < 4.78 is 27.6. The minimum absolute atomic E-state index is 0.462. The van der Waals surface area contributed by atoms with Gasteiger partial charge in [0.25, 0.3) is 0 Å². The zero-order valence-corrected chi connectivity index (χ0v) is 9.60. The minimum Gasteiger partial charge on any atom is -0.476 e. The number of carboxylic acid groups (broad SMARTS) is 1. The summed E-state index contributed by atoms with van der Waals surface area (Å²) in [7, 11) is 0. The number of aromatic carboxylic acids is 1. The second kappa shape index (κ2) is 4.60. The van der Waals surface area contributed by atoms with Gasteiger partial charge in [0.05, 0.1) is 6.04 Å². The molecule has 0 saturated heterocycles. The molecule has 0 aliphatic carbocycles. The van der Waals surface area contributed by atoms with Crippen LogP contribution in [0.5, 0.6) is 0 Å². The number of benzene rings is 1. The minimum atomic E-state index is -1.49. The van der Waals surface area contributed by atoms with Crippen molar-refractivity contribution in [1.29, 1.82) is 0 Å². The first-order valence-electron chi connectivity index (χ1n) is 5.36. The van der Waals surface area contributed by atoms with Gasteiger partial charge in [-0.25, -0.2) is 13.6 Å². The quantitative estimate of drug-likeness (QED) is 0.910. The van der Waals surface area contributed by atoms with Crippen LogP contribution in [0.1, 0.15) is 29.0 Å². The molecule has 1 N–H and O–H groups in total. The lowest BCUT2D eigenvalue weighted by Gasteiger charge is -2.15. The van der Waals surface area contributed by atoms with Crippen molar-refractivity contribution >= 4 is 5.97 Å². The van der Waals surface area contributed by atoms with E-state index in [-0.39, 0.29) is 0 Å². The van der Waals surface area contributed by atoms with Crippen LogP contribution in [-0.4, -0.2) is 15.6 Å². The van der Waals surface area contributed by atoms with E-state index in [1.807, 2.05) is 6.07 Å². The van der Waals surface area contributed by atoms with Crippen molar-refractivity contribution in [2.75, 3.05) is 0 Å². The Hall–Kier alpha value is -2.17. The van der Waals surface area contributed by atoms with Crippen molar-refractivity contribution < 1.29 is 18.7 Å². The van der Waals surface area contributed by atoms with Crippen LogP contribution in [0.2, 0.25) is 0 Å². The van der Waals surface area contributed by atoms with Gasteiger partial charge in [-0.3, -0.25) is 0 Å². The Morgan fingerprint density at radius 1 is 1.28 bits per heavy atom. The molecule has 1 atom stereocenters. The van der Waals surface area contributed by atoms with Gasteiger partial charge in [0, 0.05) is 6.20 Å². The Morgan fingerprint density at radius 2 is 1.89 bits per heavy atom. The molecule has 0 aliphatic rings. The molecule has 0 bridgehead atoms. The predicted molar refractivity (Wildman–Crippen MR) is 61.6 cm³/mol. The highest BCUT2D eigenvalue weighted by Crippen LogP contribution is 2.24. The smallest absolute Gasteiger partial charge is 0.355 e. The fourth-order valence-electron chi connectivity index (χ4n) is 1.87. The zero-order chi connectivity index (χ0) is 13.3. The average molecular weight is 251 g/mol. The van der Waals surface area contributed by atoms with Gasteiger partial charge >= 0.3 is 5.97 Å². The van der Waals surface area contributed by atoms with E-state index in [2.05, 4.69) is 0 Å². The first-order valence-corrected chi connectivity index (χ1v) is 5.36. The number of aromatic nitrogens is 1. The molecule has 0 saturated carbocycles. The van der Waals surface area contributed by atoms with E-state index in [1.54, 1.807) is 31.2 Å². The van der Waals surface area contributed by atoms with E-state index >= 15 is 0 Å². The van der Waals surface area contributed by atoms with Crippen LogP contribution in [0.4, 0.5) is 8.78 Å². The fourth-order valence-corrected chi connectivity index (χ4v) is 1.87. The highest BCUT2D eigenvalue weighted by Gasteiger charge is 2.24. The Kier molecular flexibility index (Phi) is 3.14. The van der Waals surface area contributed by atoms with Gasteiger partial charge < -0.3 is 9.67 Å². The number of hydrogen-bond acceptors (Lipinski definition) is 1. The molecule has 0 amide bonds. The number of halogens is 2. The Bertz CT molecular complexity index is 578. The molecule has 18 heavy (non-hydrogen) atoms. The summed E-state index contributed by atoms with van der Waals surface area (Å²) in [6.45, 7) is 1.68. The van der Waals surface area contributed by atoms with Gasteiger partial charge in [0.1, 0.15) is 0 Å². The second-order valence-electron chi connectivity index (χ2n) is 3.94. The number of carbonyl (C=O) groups is 1. The molecule has 2 aromatic rings. The molecule has 1 aromatic carbocycles. The van der Waals surface area contributed by atoms with Crippen molar-refractivity contribution in [1.82, 2.24) is 4.57 Å². The lowest BCUT2D eigenvalue weighted by molar-refractivity contribution is 0.0678. The lowest BCUT2D eigenvalue weighted by Crippen LogP contribution is -2.14. The highest BCUT2D eigenvalue weighted by molar-refractivity contribution is 5.86. The maximum atomic E-state index is 13.4. The van der Waals surface area contributed by atoms with Gasteiger partial charge in [0.2, 0.25) is 0 Å². The molecule has 0 unspecified atom stereocenters. The molecular weight excluding hydrogens is 240 g/mol. The van der Waals surface area contributed by atoms with Crippen molar-refractivity contribution in [3.63, 3.8) is 0 Å². The van der Waals surface area contributed by atoms with Crippen LogP contribution in [0.15, 0.2) is 36.5 Å². The zero-order valence-electron chi connectivity index (χ0n) is 9.60. The summed E-state index contributed by atoms with van der Waals surface area (Å²) >= 11 is 0. The molecular formula is C13H11F2NO2. The number of hydrogen-bond donors (Lipinski definition) is 1.